The van der Waals surface area contributed by atoms with Crippen molar-refractivity contribution in [1.82, 2.24) is 4.90 Å². The highest BCUT2D eigenvalue weighted by atomic mass is 16.5. The van der Waals surface area contributed by atoms with Crippen molar-refractivity contribution in [2.24, 2.45) is 0 Å². The van der Waals surface area contributed by atoms with Crippen LogP contribution in [0.1, 0.15) is 29.6 Å². The molecule has 1 saturated heterocycles. The molecule has 23 heavy (non-hydrogen) atoms. The van der Waals surface area contributed by atoms with Gasteiger partial charge < -0.3 is 24.2 Å². The van der Waals surface area contributed by atoms with E-state index in [0.717, 1.165) is 13.1 Å². The molecule has 0 radical (unpaired) electrons. The van der Waals surface area contributed by atoms with Gasteiger partial charge in [0, 0.05) is 6.54 Å². The van der Waals surface area contributed by atoms with E-state index in [4.69, 9.17) is 9.47 Å². The minimum Gasteiger partial charge on any atom is -0.493 e. The molecule has 0 saturated carbocycles. The molecule has 0 amide bonds. The van der Waals surface area contributed by atoms with Crippen LogP contribution in [0.5, 0.6) is 11.5 Å². The highest BCUT2D eigenvalue weighted by Gasteiger charge is 2.16. The lowest BCUT2D eigenvalue weighted by Crippen LogP contribution is -2.38. The van der Waals surface area contributed by atoms with E-state index in [1.54, 1.807) is 18.2 Å². The molecule has 1 aromatic rings. The lowest BCUT2D eigenvalue weighted by molar-refractivity contribution is 0.0591. The van der Waals surface area contributed by atoms with Gasteiger partial charge in [-0.15, -0.1) is 0 Å². The van der Waals surface area contributed by atoms with Crippen LogP contribution in [0, 0.1) is 0 Å². The summed E-state index contributed by atoms with van der Waals surface area (Å²) in [4.78, 5) is 13.8. The first kappa shape index (κ1) is 17.6. The molecule has 1 atom stereocenters. The van der Waals surface area contributed by atoms with Gasteiger partial charge in [0.15, 0.2) is 11.5 Å². The van der Waals surface area contributed by atoms with Gasteiger partial charge in [-0.1, -0.05) is 6.42 Å². The van der Waals surface area contributed by atoms with Gasteiger partial charge in [-0.05, 0) is 44.1 Å². The Kier molecular flexibility index (Phi) is 6.67. The number of rotatable bonds is 7. The predicted octanol–water partition coefficient (Wildman–Crippen LogP) is 1.71. The van der Waals surface area contributed by atoms with Crippen LogP contribution in [0.4, 0.5) is 0 Å². The van der Waals surface area contributed by atoms with Gasteiger partial charge in [-0.25, -0.2) is 4.79 Å². The second kappa shape index (κ2) is 8.74. The molecular formula is C17H25NO5. The summed E-state index contributed by atoms with van der Waals surface area (Å²) in [6, 6.07) is 4.83. The molecule has 1 aliphatic heterocycles. The maximum absolute atomic E-state index is 11.5. The number of hydrogen-bond acceptors (Lipinski definition) is 6. The van der Waals surface area contributed by atoms with Crippen molar-refractivity contribution < 1.29 is 24.1 Å². The molecule has 128 valence electrons. The first-order valence-corrected chi connectivity index (χ1v) is 7.93. The quantitative estimate of drug-likeness (QED) is 0.771. The molecule has 0 aliphatic carbocycles. The van der Waals surface area contributed by atoms with Crippen molar-refractivity contribution in [3.8, 4) is 11.5 Å². The largest absolute Gasteiger partial charge is 0.493 e. The molecule has 1 aromatic carbocycles. The molecular weight excluding hydrogens is 298 g/mol. The number of ether oxygens (including phenoxy) is 3. The number of aliphatic hydroxyl groups excluding tert-OH is 1. The highest BCUT2D eigenvalue weighted by Crippen LogP contribution is 2.28. The Balaban J connectivity index is 1.90. The minimum atomic E-state index is -0.557. The third-order valence-electron chi connectivity index (χ3n) is 3.93. The fraction of sp³-hybridized carbons (Fsp3) is 0.588. The van der Waals surface area contributed by atoms with Crippen LogP contribution in [0.2, 0.25) is 0 Å². The normalized spacial score (nSPS) is 16.7. The van der Waals surface area contributed by atoms with Crippen molar-refractivity contribution in [3.63, 3.8) is 0 Å². The second-order valence-electron chi connectivity index (χ2n) is 5.68. The van der Waals surface area contributed by atoms with Crippen molar-refractivity contribution >= 4 is 5.97 Å². The van der Waals surface area contributed by atoms with Gasteiger partial charge in [0.05, 0.1) is 19.8 Å². The van der Waals surface area contributed by atoms with E-state index in [1.807, 2.05) is 0 Å². The van der Waals surface area contributed by atoms with E-state index >= 15 is 0 Å². The van der Waals surface area contributed by atoms with E-state index in [1.165, 1.54) is 33.5 Å². The molecule has 0 bridgehead atoms. The smallest absolute Gasteiger partial charge is 0.337 e. The summed E-state index contributed by atoms with van der Waals surface area (Å²) in [5.74, 6) is 0.510. The van der Waals surface area contributed by atoms with Crippen LogP contribution in [0.3, 0.4) is 0 Å². The average Bonchev–Trinajstić information content (AvgIpc) is 2.60. The highest BCUT2D eigenvalue weighted by molar-refractivity contribution is 5.90. The molecule has 1 aliphatic rings. The third-order valence-corrected chi connectivity index (χ3v) is 3.93. The molecule has 2 rings (SSSR count). The van der Waals surface area contributed by atoms with Crippen LogP contribution >= 0.6 is 0 Å². The summed E-state index contributed by atoms with van der Waals surface area (Å²) in [6.07, 6.45) is 3.10. The zero-order valence-corrected chi connectivity index (χ0v) is 13.8. The van der Waals surface area contributed by atoms with E-state index in [0.29, 0.717) is 23.6 Å². The molecule has 0 spiro atoms. The fourth-order valence-corrected chi connectivity index (χ4v) is 2.71. The lowest BCUT2D eigenvalue weighted by Gasteiger charge is -2.28. The van der Waals surface area contributed by atoms with Gasteiger partial charge >= 0.3 is 5.97 Å². The van der Waals surface area contributed by atoms with Crippen LogP contribution in [0.15, 0.2) is 18.2 Å². The first-order chi connectivity index (χ1) is 11.1. The summed E-state index contributed by atoms with van der Waals surface area (Å²) in [5.41, 5.74) is 0.394. The SMILES string of the molecule is COC(=O)c1ccc(OC[C@H](O)CN2CCCCC2)c(OC)c1. The summed E-state index contributed by atoms with van der Waals surface area (Å²) >= 11 is 0. The van der Waals surface area contributed by atoms with E-state index in [-0.39, 0.29) is 6.61 Å². The summed E-state index contributed by atoms with van der Waals surface area (Å²) < 4.78 is 15.6. The number of nitrogens with zero attached hydrogens (tertiary/aromatic N) is 1. The second-order valence-corrected chi connectivity index (χ2v) is 5.68. The molecule has 6 heteroatoms. The van der Waals surface area contributed by atoms with Gasteiger partial charge in [0.2, 0.25) is 0 Å². The molecule has 1 N–H and O–H groups in total. The maximum atomic E-state index is 11.5. The molecule has 6 nitrogen and oxygen atoms in total. The number of benzene rings is 1. The van der Waals surface area contributed by atoms with Gasteiger partial charge in [-0.3, -0.25) is 0 Å². The Morgan fingerprint density at radius 1 is 1.22 bits per heavy atom. The van der Waals surface area contributed by atoms with Gasteiger partial charge in [-0.2, -0.15) is 0 Å². The minimum absolute atomic E-state index is 0.185. The average molecular weight is 323 g/mol. The number of carbonyl (C=O) groups excluding carboxylic acids is 1. The zero-order valence-electron chi connectivity index (χ0n) is 13.8. The Morgan fingerprint density at radius 2 is 1.96 bits per heavy atom. The van der Waals surface area contributed by atoms with Crippen molar-refractivity contribution in [2.45, 2.75) is 25.4 Å². The van der Waals surface area contributed by atoms with E-state index in [2.05, 4.69) is 9.64 Å². The number of β-amino-alcohol motifs (C(OH)–C–C–N with tert-alkyl or cyclic N) is 1. The van der Waals surface area contributed by atoms with Gasteiger partial charge in [0.25, 0.3) is 0 Å². The van der Waals surface area contributed by atoms with Crippen molar-refractivity contribution in [1.29, 1.82) is 0 Å². The Hall–Kier alpha value is -1.79. The number of piperidine rings is 1. The topological polar surface area (TPSA) is 68.2 Å². The first-order valence-electron chi connectivity index (χ1n) is 7.93. The number of likely N-dealkylation sites (tertiary alicyclic amines) is 1. The number of aliphatic hydroxyl groups is 1. The van der Waals surface area contributed by atoms with E-state index < -0.39 is 12.1 Å². The summed E-state index contributed by atoms with van der Waals surface area (Å²) in [7, 11) is 2.84. The monoisotopic (exact) mass is 323 g/mol. The van der Waals surface area contributed by atoms with Crippen LogP contribution < -0.4 is 9.47 Å². The number of esters is 1. The number of hydrogen-bond donors (Lipinski definition) is 1. The Morgan fingerprint density at radius 3 is 2.61 bits per heavy atom. The Bertz CT molecular complexity index is 514. The Labute approximate surface area is 136 Å². The van der Waals surface area contributed by atoms with Crippen molar-refractivity contribution in [2.75, 3.05) is 40.5 Å². The van der Waals surface area contributed by atoms with Gasteiger partial charge in [0.1, 0.15) is 12.7 Å². The van der Waals surface area contributed by atoms with Crippen molar-refractivity contribution in [3.05, 3.63) is 23.8 Å². The molecule has 1 heterocycles. The zero-order chi connectivity index (χ0) is 16.7. The predicted molar refractivity (Wildman–Crippen MR) is 86.1 cm³/mol. The van der Waals surface area contributed by atoms with Crippen LogP contribution in [-0.2, 0) is 4.74 Å². The number of methoxy groups -OCH3 is 2. The fourth-order valence-electron chi connectivity index (χ4n) is 2.71. The number of carbonyl (C=O) groups is 1. The molecule has 0 unspecified atom stereocenters. The van der Waals surface area contributed by atoms with E-state index in [9.17, 15) is 9.90 Å². The third kappa shape index (κ3) is 5.11. The van der Waals surface area contributed by atoms with Crippen LogP contribution in [-0.4, -0.2) is 62.5 Å². The summed E-state index contributed by atoms with van der Waals surface area (Å²) in [5, 5.41) is 10.1. The van der Waals surface area contributed by atoms with Crippen LogP contribution in [0.25, 0.3) is 0 Å². The summed E-state index contributed by atoms with van der Waals surface area (Å²) in [6.45, 7) is 2.87. The molecule has 1 fully saturated rings. The maximum Gasteiger partial charge on any atom is 0.337 e. The molecule has 0 aromatic heterocycles. The standard InChI is InChI=1S/C17H25NO5/c1-21-16-10-13(17(20)22-2)6-7-15(16)23-12-14(19)11-18-8-4-3-5-9-18/h6-7,10,14,19H,3-5,8-9,11-12H2,1-2H3/t14-/m1/s1. The lowest BCUT2D eigenvalue weighted by atomic mass is 10.1.